The van der Waals surface area contributed by atoms with Gasteiger partial charge in [-0.1, -0.05) is 63.2 Å². The molecule has 2 atom stereocenters. The molecular formula is C30H43N3O4. The normalized spacial score (nSPS) is 13.0. The zero-order chi connectivity index (χ0) is 27.8. The number of nitrogens with zero attached hydrogens (tertiary/aromatic N) is 1. The van der Waals surface area contributed by atoms with Gasteiger partial charge in [0.1, 0.15) is 17.7 Å². The molecule has 0 radical (unpaired) electrons. The van der Waals surface area contributed by atoms with Gasteiger partial charge in [-0.05, 0) is 76.1 Å². The van der Waals surface area contributed by atoms with Gasteiger partial charge in [0.05, 0.1) is 0 Å². The van der Waals surface area contributed by atoms with Crippen LogP contribution in [0.2, 0.25) is 0 Å². The summed E-state index contributed by atoms with van der Waals surface area (Å²) in [7, 11) is 0. The molecule has 202 valence electrons. The van der Waals surface area contributed by atoms with E-state index in [0.717, 1.165) is 16.7 Å². The minimum Gasteiger partial charge on any atom is -0.444 e. The van der Waals surface area contributed by atoms with Gasteiger partial charge in [-0.2, -0.15) is 0 Å². The summed E-state index contributed by atoms with van der Waals surface area (Å²) >= 11 is 0. The van der Waals surface area contributed by atoms with Gasteiger partial charge in [0, 0.05) is 12.2 Å². The number of ether oxygens (including phenoxy) is 1. The molecule has 2 rings (SSSR count). The predicted molar refractivity (Wildman–Crippen MR) is 148 cm³/mol. The average Bonchev–Trinajstić information content (AvgIpc) is 2.79. The quantitative estimate of drug-likeness (QED) is 0.401. The number of benzene rings is 2. The van der Waals surface area contributed by atoms with E-state index in [4.69, 9.17) is 4.74 Å². The van der Waals surface area contributed by atoms with Gasteiger partial charge in [0.2, 0.25) is 5.91 Å². The molecule has 0 heterocycles. The lowest BCUT2D eigenvalue weighted by Crippen LogP contribution is -2.53. The van der Waals surface area contributed by atoms with Crippen LogP contribution in [0.4, 0.5) is 10.5 Å². The highest BCUT2D eigenvalue weighted by atomic mass is 16.6. The molecule has 0 aliphatic carbocycles. The molecule has 0 fully saturated rings. The lowest BCUT2D eigenvalue weighted by molar-refractivity contribution is -0.141. The summed E-state index contributed by atoms with van der Waals surface area (Å²) in [5, 5.41) is 5.81. The zero-order valence-electron chi connectivity index (χ0n) is 23.6. The Kier molecular flexibility index (Phi) is 10.7. The molecule has 0 bridgehead atoms. The summed E-state index contributed by atoms with van der Waals surface area (Å²) in [5.41, 5.74) is 2.57. The molecule has 0 aromatic heterocycles. The zero-order valence-corrected chi connectivity index (χ0v) is 23.6. The number of rotatable bonds is 10. The van der Waals surface area contributed by atoms with Crippen LogP contribution in [-0.2, 0) is 14.3 Å². The largest absolute Gasteiger partial charge is 0.444 e. The molecule has 0 saturated carbocycles. The Labute approximate surface area is 222 Å². The number of carbonyl (C=O) groups is 3. The van der Waals surface area contributed by atoms with Crippen molar-refractivity contribution in [2.75, 3.05) is 11.9 Å². The summed E-state index contributed by atoms with van der Waals surface area (Å²) < 4.78 is 5.44. The van der Waals surface area contributed by atoms with Gasteiger partial charge in [0.15, 0.2) is 0 Å². The number of hydrogen-bond donors (Lipinski definition) is 2. The standard InChI is InChI=1S/C30H43N3O4/c1-9-18-33(28(35)25(19-20(2)3)32-29(36)37-30(6,7)8)26(23-16-12-10-14-21(23)4)27(34)31-24-17-13-11-15-22(24)5/h10-17,20,25-26H,9,18-19H2,1-8H3,(H,31,34)(H,32,36). The van der Waals surface area contributed by atoms with Crippen LogP contribution in [0.1, 0.15) is 77.1 Å². The smallest absolute Gasteiger partial charge is 0.408 e. The Bertz CT molecular complexity index is 1070. The third-order valence-corrected chi connectivity index (χ3v) is 5.89. The minimum absolute atomic E-state index is 0.130. The van der Waals surface area contributed by atoms with Crippen LogP contribution in [0.5, 0.6) is 0 Å². The fraction of sp³-hybridized carbons (Fsp3) is 0.500. The maximum absolute atomic E-state index is 14.1. The maximum Gasteiger partial charge on any atom is 0.408 e. The van der Waals surface area contributed by atoms with Gasteiger partial charge in [0.25, 0.3) is 5.91 Å². The maximum atomic E-state index is 14.1. The lowest BCUT2D eigenvalue weighted by atomic mass is 9.96. The third kappa shape index (κ3) is 8.92. The Morgan fingerprint density at radius 3 is 2.08 bits per heavy atom. The van der Waals surface area contributed by atoms with Crippen molar-refractivity contribution >= 4 is 23.6 Å². The molecule has 37 heavy (non-hydrogen) atoms. The topological polar surface area (TPSA) is 87.7 Å². The summed E-state index contributed by atoms with van der Waals surface area (Å²) in [6, 6.07) is 13.4. The van der Waals surface area contributed by atoms with Crippen molar-refractivity contribution in [2.24, 2.45) is 5.92 Å². The monoisotopic (exact) mass is 509 g/mol. The van der Waals surface area contributed by atoms with Crippen molar-refractivity contribution in [3.05, 3.63) is 65.2 Å². The second kappa shape index (κ2) is 13.3. The second-order valence-corrected chi connectivity index (χ2v) is 10.9. The summed E-state index contributed by atoms with van der Waals surface area (Å²) in [6.45, 7) is 15.5. The van der Waals surface area contributed by atoms with Crippen molar-refractivity contribution in [3.8, 4) is 0 Å². The lowest BCUT2D eigenvalue weighted by Gasteiger charge is -2.35. The van der Waals surface area contributed by atoms with Gasteiger partial charge >= 0.3 is 6.09 Å². The van der Waals surface area contributed by atoms with E-state index in [2.05, 4.69) is 10.6 Å². The van der Waals surface area contributed by atoms with E-state index in [9.17, 15) is 14.4 Å². The van der Waals surface area contributed by atoms with E-state index >= 15 is 0 Å². The van der Waals surface area contributed by atoms with Gasteiger partial charge < -0.3 is 20.3 Å². The fourth-order valence-corrected chi connectivity index (χ4v) is 4.21. The van der Waals surface area contributed by atoms with Crippen LogP contribution in [0.3, 0.4) is 0 Å². The third-order valence-electron chi connectivity index (χ3n) is 5.89. The SMILES string of the molecule is CCCN(C(=O)C(CC(C)C)NC(=O)OC(C)(C)C)C(C(=O)Nc1ccccc1C)c1ccccc1C. The summed E-state index contributed by atoms with van der Waals surface area (Å²) in [5.74, 6) is -0.481. The van der Waals surface area contributed by atoms with E-state index in [1.54, 1.807) is 25.7 Å². The Morgan fingerprint density at radius 1 is 0.946 bits per heavy atom. The van der Waals surface area contributed by atoms with E-state index in [-0.39, 0.29) is 17.7 Å². The van der Waals surface area contributed by atoms with Crippen molar-refractivity contribution < 1.29 is 19.1 Å². The molecule has 7 nitrogen and oxygen atoms in total. The first-order valence-electron chi connectivity index (χ1n) is 13.1. The first-order chi connectivity index (χ1) is 17.3. The molecule has 2 unspecified atom stereocenters. The predicted octanol–water partition coefficient (Wildman–Crippen LogP) is 6.16. The molecule has 2 aromatic carbocycles. The Hall–Kier alpha value is -3.35. The first kappa shape index (κ1) is 29.9. The molecule has 0 saturated heterocycles. The van der Waals surface area contributed by atoms with E-state index in [1.165, 1.54) is 0 Å². The highest BCUT2D eigenvalue weighted by Gasteiger charge is 2.36. The Morgan fingerprint density at radius 2 is 1.54 bits per heavy atom. The van der Waals surface area contributed by atoms with E-state index in [1.807, 2.05) is 83.1 Å². The molecule has 2 aromatic rings. The second-order valence-electron chi connectivity index (χ2n) is 10.9. The first-order valence-corrected chi connectivity index (χ1v) is 13.1. The number of amides is 3. The van der Waals surface area contributed by atoms with Crippen LogP contribution in [-0.4, -0.2) is 41.0 Å². The molecule has 0 spiro atoms. The van der Waals surface area contributed by atoms with Crippen molar-refractivity contribution in [1.29, 1.82) is 0 Å². The number of anilines is 1. The van der Waals surface area contributed by atoms with Crippen molar-refractivity contribution in [1.82, 2.24) is 10.2 Å². The number of nitrogens with one attached hydrogen (secondary N) is 2. The average molecular weight is 510 g/mol. The van der Waals surface area contributed by atoms with Crippen LogP contribution in [0.15, 0.2) is 48.5 Å². The highest BCUT2D eigenvalue weighted by Crippen LogP contribution is 2.28. The summed E-state index contributed by atoms with van der Waals surface area (Å²) in [4.78, 5) is 42.2. The Balaban J connectivity index is 2.51. The van der Waals surface area contributed by atoms with Crippen LogP contribution in [0.25, 0.3) is 0 Å². The van der Waals surface area contributed by atoms with Crippen LogP contribution >= 0.6 is 0 Å². The van der Waals surface area contributed by atoms with Gasteiger partial charge in [-0.25, -0.2) is 4.79 Å². The number of carbonyl (C=O) groups excluding carboxylic acids is 3. The molecule has 0 aliphatic heterocycles. The van der Waals surface area contributed by atoms with E-state index < -0.39 is 23.8 Å². The molecule has 7 heteroatoms. The number of para-hydroxylation sites is 1. The van der Waals surface area contributed by atoms with E-state index in [0.29, 0.717) is 25.1 Å². The number of alkyl carbamates (subject to hydrolysis) is 1. The van der Waals surface area contributed by atoms with Crippen molar-refractivity contribution in [2.45, 2.75) is 85.9 Å². The molecule has 2 N–H and O–H groups in total. The van der Waals surface area contributed by atoms with Crippen LogP contribution < -0.4 is 10.6 Å². The molecule has 0 aliphatic rings. The summed E-state index contributed by atoms with van der Waals surface area (Å²) in [6.07, 6.45) is 0.407. The number of aryl methyl sites for hydroxylation is 2. The number of hydrogen-bond acceptors (Lipinski definition) is 4. The highest BCUT2D eigenvalue weighted by molar-refractivity contribution is 5.99. The van der Waals surface area contributed by atoms with Gasteiger partial charge in [-0.3, -0.25) is 9.59 Å². The fourth-order valence-electron chi connectivity index (χ4n) is 4.21. The van der Waals surface area contributed by atoms with Crippen molar-refractivity contribution in [3.63, 3.8) is 0 Å². The molecule has 3 amide bonds. The minimum atomic E-state index is -0.872. The van der Waals surface area contributed by atoms with Crippen LogP contribution in [0, 0.1) is 19.8 Å². The molecular weight excluding hydrogens is 466 g/mol. The van der Waals surface area contributed by atoms with Gasteiger partial charge in [-0.15, -0.1) is 0 Å².